The lowest BCUT2D eigenvalue weighted by Crippen LogP contribution is -2.16. The van der Waals surface area contributed by atoms with Gasteiger partial charge in [-0.2, -0.15) is 0 Å². The Hall–Kier alpha value is -2.55. The number of hydrogen-bond donors (Lipinski definition) is 1. The van der Waals surface area contributed by atoms with Gasteiger partial charge in [0, 0.05) is 43.9 Å². The van der Waals surface area contributed by atoms with E-state index in [1.54, 1.807) is 6.21 Å². The Balaban J connectivity index is 2.63. The van der Waals surface area contributed by atoms with Crippen molar-refractivity contribution in [2.45, 2.75) is 39.5 Å². The van der Waals surface area contributed by atoms with Gasteiger partial charge in [-0.3, -0.25) is 4.99 Å². The summed E-state index contributed by atoms with van der Waals surface area (Å²) in [6, 6.07) is 0. The van der Waals surface area contributed by atoms with E-state index in [0.717, 1.165) is 49.2 Å². The van der Waals surface area contributed by atoms with Crippen LogP contribution in [0, 0.1) is 0 Å². The van der Waals surface area contributed by atoms with E-state index < -0.39 is 0 Å². The van der Waals surface area contributed by atoms with Gasteiger partial charge >= 0.3 is 0 Å². The fourth-order valence-corrected chi connectivity index (χ4v) is 2.88. The van der Waals surface area contributed by atoms with Crippen LogP contribution in [0.2, 0.25) is 0 Å². The Morgan fingerprint density at radius 2 is 2.07 bits per heavy atom. The maximum absolute atomic E-state index is 4.24. The van der Waals surface area contributed by atoms with E-state index >= 15 is 0 Å². The average Bonchev–Trinajstić information content (AvgIpc) is 2.82. The SMILES string of the molecule is C=CCC1=C(N(C)C)C=C(CCNC(=C)C(=C)C/C=C(/C)N=CC)C=CC1. The summed E-state index contributed by atoms with van der Waals surface area (Å²) in [5, 5.41) is 3.40. The van der Waals surface area contributed by atoms with Gasteiger partial charge in [-0.1, -0.05) is 37.5 Å². The highest BCUT2D eigenvalue weighted by molar-refractivity contribution is 5.55. The first-order valence-electron chi connectivity index (χ1n) is 9.52. The van der Waals surface area contributed by atoms with Crippen molar-refractivity contribution >= 4 is 6.21 Å². The standard InChI is InChI=1S/C24H35N3/c1-8-11-23-13-10-12-22(18-24(23)27(6)7)16-17-26-21(5)19(3)14-15-20(4)25-9-2/h8-10,12,15,18,26H,1,3,5,11,13-14,16-17H2,2,4,6-7H3/b20-15-,25-9?. The number of aliphatic imine (C=N–C) groups is 1. The highest BCUT2D eigenvalue weighted by Crippen LogP contribution is 2.24. The lowest BCUT2D eigenvalue weighted by molar-refractivity contribution is 0.519. The fraction of sp³-hybridized carbons (Fsp3) is 0.375. The maximum Gasteiger partial charge on any atom is 0.0361 e. The third-order valence-electron chi connectivity index (χ3n) is 4.41. The van der Waals surface area contributed by atoms with Crippen LogP contribution in [0.1, 0.15) is 39.5 Å². The summed E-state index contributed by atoms with van der Waals surface area (Å²) in [5.41, 5.74) is 6.90. The lowest BCUT2D eigenvalue weighted by Gasteiger charge is -2.19. The molecule has 0 radical (unpaired) electrons. The number of hydrogen-bond acceptors (Lipinski definition) is 3. The van der Waals surface area contributed by atoms with E-state index in [9.17, 15) is 0 Å². The van der Waals surface area contributed by atoms with E-state index in [2.05, 4.69) is 73.3 Å². The van der Waals surface area contributed by atoms with Crippen molar-refractivity contribution in [1.29, 1.82) is 0 Å². The van der Waals surface area contributed by atoms with Gasteiger partial charge in [0.1, 0.15) is 0 Å². The van der Waals surface area contributed by atoms with E-state index in [0.29, 0.717) is 0 Å². The fourth-order valence-electron chi connectivity index (χ4n) is 2.88. The second-order valence-electron chi connectivity index (χ2n) is 6.90. The van der Waals surface area contributed by atoms with Gasteiger partial charge in [0.2, 0.25) is 0 Å². The van der Waals surface area contributed by atoms with Gasteiger partial charge in [-0.25, -0.2) is 0 Å². The van der Waals surface area contributed by atoms with Gasteiger partial charge in [-0.15, -0.1) is 6.58 Å². The van der Waals surface area contributed by atoms with Gasteiger partial charge in [0.15, 0.2) is 0 Å². The first kappa shape index (κ1) is 22.5. The summed E-state index contributed by atoms with van der Waals surface area (Å²) in [5.74, 6) is 0. The van der Waals surface area contributed by atoms with Gasteiger partial charge < -0.3 is 10.2 Å². The molecule has 0 aromatic carbocycles. The third-order valence-corrected chi connectivity index (χ3v) is 4.41. The molecule has 0 bridgehead atoms. The predicted molar refractivity (Wildman–Crippen MR) is 121 cm³/mol. The molecule has 27 heavy (non-hydrogen) atoms. The molecular weight excluding hydrogens is 330 g/mol. The van der Waals surface area contributed by atoms with Crippen LogP contribution in [-0.2, 0) is 0 Å². The zero-order valence-electron chi connectivity index (χ0n) is 17.5. The van der Waals surface area contributed by atoms with Crippen LogP contribution in [0.15, 0.2) is 88.9 Å². The average molecular weight is 366 g/mol. The molecule has 1 aliphatic carbocycles. The van der Waals surface area contributed by atoms with Crippen molar-refractivity contribution in [3.8, 4) is 0 Å². The molecule has 0 aliphatic heterocycles. The van der Waals surface area contributed by atoms with Crippen molar-refractivity contribution in [2.75, 3.05) is 20.6 Å². The van der Waals surface area contributed by atoms with Crippen LogP contribution >= 0.6 is 0 Å². The molecule has 0 heterocycles. The number of allylic oxidation sites excluding steroid dienone is 8. The Morgan fingerprint density at radius 3 is 2.70 bits per heavy atom. The molecule has 3 nitrogen and oxygen atoms in total. The first-order valence-corrected chi connectivity index (χ1v) is 9.52. The van der Waals surface area contributed by atoms with Crippen LogP contribution in [0.5, 0.6) is 0 Å². The van der Waals surface area contributed by atoms with Crippen molar-refractivity contribution in [1.82, 2.24) is 10.2 Å². The summed E-state index contributed by atoms with van der Waals surface area (Å²) < 4.78 is 0. The van der Waals surface area contributed by atoms with Crippen molar-refractivity contribution in [2.24, 2.45) is 4.99 Å². The molecule has 1 rings (SSSR count). The molecule has 0 fully saturated rings. The smallest absolute Gasteiger partial charge is 0.0361 e. The summed E-state index contributed by atoms with van der Waals surface area (Å²) in [6.07, 6.45) is 16.2. The van der Waals surface area contributed by atoms with Gasteiger partial charge in [0.05, 0.1) is 0 Å². The molecular formula is C24H35N3. The minimum absolute atomic E-state index is 0.760. The molecule has 0 unspecified atom stereocenters. The molecule has 0 spiro atoms. The van der Waals surface area contributed by atoms with Crippen molar-refractivity contribution < 1.29 is 0 Å². The van der Waals surface area contributed by atoms with E-state index in [-0.39, 0.29) is 0 Å². The molecule has 1 N–H and O–H groups in total. The Morgan fingerprint density at radius 1 is 1.33 bits per heavy atom. The summed E-state index contributed by atoms with van der Waals surface area (Å²) in [6.45, 7) is 16.9. The number of rotatable bonds is 11. The van der Waals surface area contributed by atoms with Crippen LogP contribution in [0.25, 0.3) is 0 Å². The van der Waals surface area contributed by atoms with Crippen molar-refractivity contribution in [3.05, 3.63) is 83.9 Å². The summed E-state index contributed by atoms with van der Waals surface area (Å²) in [7, 11) is 4.19. The molecule has 0 amide bonds. The topological polar surface area (TPSA) is 27.6 Å². The Labute approximate surface area is 166 Å². The zero-order valence-corrected chi connectivity index (χ0v) is 17.5. The number of nitrogens with zero attached hydrogens (tertiary/aromatic N) is 2. The second kappa shape index (κ2) is 11.9. The molecule has 0 aromatic heterocycles. The Bertz CT molecular complexity index is 697. The van der Waals surface area contributed by atoms with Gasteiger partial charge in [-0.05, 0) is 62.3 Å². The van der Waals surface area contributed by atoms with Crippen LogP contribution < -0.4 is 5.32 Å². The summed E-state index contributed by atoms with van der Waals surface area (Å²) in [4.78, 5) is 6.43. The van der Waals surface area contributed by atoms with Crippen molar-refractivity contribution in [3.63, 3.8) is 0 Å². The third kappa shape index (κ3) is 8.12. The molecule has 1 aliphatic rings. The molecule has 0 atom stereocenters. The molecule has 146 valence electrons. The van der Waals surface area contributed by atoms with E-state index in [1.165, 1.54) is 16.8 Å². The normalized spacial score (nSPS) is 14.8. The monoisotopic (exact) mass is 365 g/mol. The van der Waals surface area contributed by atoms with Crippen LogP contribution in [-0.4, -0.2) is 31.8 Å². The van der Waals surface area contributed by atoms with E-state index in [4.69, 9.17) is 0 Å². The van der Waals surface area contributed by atoms with Crippen LogP contribution in [0.3, 0.4) is 0 Å². The molecule has 0 saturated carbocycles. The minimum Gasteiger partial charge on any atom is -0.385 e. The first-order chi connectivity index (χ1) is 12.9. The Kier molecular flexibility index (Phi) is 9.95. The highest BCUT2D eigenvalue weighted by atomic mass is 15.1. The molecule has 3 heteroatoms. The number of nitrogens with one attached hydrogen (secondary N) is 1. The summed E-state index contributed by atoms with van der Waals surface area (Å²) >= 11 is 0. The second-order valence-corrected chi connectivity index (χ2v) is 6.90. The van der Waals surface area contributed by atoms with Gasteiger partial charge in [0.25, 0.3) is 0 Å². The zero-order chi connectivity index (χ0) is 20.2. The molecule has 0 saturated heterocycles. The van der Waals surface area contributed by atoms with Crippen LogP contribution in [0.4, 0.5) is 0 Å². The van der Waals surface area contributed by atoms with E-state index in [1.807, 2.05) is 19.9 Å². The predicted octanol–water partition coefficient (Wildman–Crippen LogP) is 5.70. The minimum atomic E-state index is 0.760. The highest BCUT2D eigenvalue weighted by Gasteiger charge is 2.09. The number of likely N-dealkylation sites (N-methyl/N-ethyl adjacent to an activating group) is 1. The lowest BCUT2D eigenvalue weighted by atomic mass is 10.1. The quantitative estimate of drug-likeness (QED) is 0.289. The largest absolute Gasteiger partial charge is 0.385 e. The molecule has 0 aromatic rings. The maximum atomic E-state index is 4.24.